The predicted molar refractivity (Wildman–Crippen MR) is 78.6 cm³/mol. The molecular weight excluding hydrogens is 252 g/mol. The Labute approximate surface area is 120 Å². The summed E-state index contributed by atoms with van der Waals surface area (Å²) in [6, 6.07) is 9.17. The second-order valence-electron chi connectivity index (χ2n) is 4.88. The standard InChI is InChI=1S/C16H22N2O2/c1-4-10-16(12-17,11-5-2)18-15(19)13-6-8-14(20-3)9-7-13/h6-9H,4-5,10-11H2,1-3H3,(H,18,19). The molecule has 0 radical (unpaired) electrons. The molecule has 0 aliphatic rings. The molecular formula is C16H22N2O2. The zero-order chi connectivity index (χ0) is 15.0. The Bertz CT molecular complexity index is 468. The highest BCUT2D eigenvalue weighted by atomic mass is 16.5. The van der Waals surface area contributed by atoms with Gasteiger partial charge in [-0.05, 0) is 37.1 Å². The van der Waals surface area contributed by atoms with Crippen LogP contribution in [0.4, 0.5) is 0 Å². The zero-order valence-corrected chi connectivity index (χ0v) is 12.4. The van der Waals surface area contributed by atoms with Crippen LogP contribution in [0.2, 0.25) is 0 Å². The van der Waals surface area contributed by atoms with Crippen molar-refractivity contribution in [2.45, 2.75) is 45.1 Å². The molecule has 1 amide bonds. The lowest BCUT2D eigenvalue weighted by Gasteiger charge is -2.27. The van der Waals surface area contributed by atoms with Gasteiger partial charge in [0.2, 0.25) is 0 Å². The molecule has 1 N–H and O–H groups in total. The van der Waals surface area contributed by atoms with E-state index in [-0.39, 0.29) is 5.91 Å². The summed E-state index contributed by atoms with van der Waals surface area (Å²) >= 11 is 0. The van der Waals surface area contributed by atoms with Gasteiger partial charge in [0.15, 0.2) is 0 Å². The summed E-state index contributed by atoms with van der Waals surface area (Å²) in [6.07, 6.45) is 3.05. The molecule has 108 valence electrons. The maximum atomic E-state index is 12.3. The minimum absolute atomic E-state index is 0.212. The van der Waals surface area contributed by atoms with Crippen LogP contribution in [0.3, 0.4) is 0 Å². The molecule has 1 rings (SSSR count). The van der Waals surface area contributed by atoms with Crippen LogP contribution < -0.4 is 10.1 Å². The lowest BCUT2D eigenvalue weighted by Crippen LogP contribution is -2.47. The first-order valence-corrected chi connectivity index (χ1v) is 6.98. The quantitative estimate of drug-likeness (QED) is 0.830. The number of rotatable bonds is 7. The molecule has 0 aromatic heterocycles. The van der Waals surface area contributed by atoms with Gasteiger partial charge < -0.3 is 10.1 Å². The van der Waals surface area contributed by atoms with Crippen molar-refractivity contribution in [2.24, 2.45) is 0 Å². The summed E-state index contributed by atoms with van der Waals surface area (Å²) in [6.45, 7) is 4.03. The molecule has 4 heteroatoms. The number of hydrogen-bond acceptors (Lipinski definition) is 3. The number of methoxy groups -OCH3 is 1. The Kier molecular flexibility index (Phi) is 6.05. The van der Waals surface area contributed by atoms with Crippen molar-refractivity contribution in [3.63, 3.8) is 0 Å². The van der Waals surface area contributed by atoms with Crippen molar-refractivity contribution in [1.29, 1.82) is 5.26 Å². The molecule has 0 spiro atoms. The number of nitriles is 1. The predicted octanol–water partition coefficient (Wildman–Crippen LogP) is 3.29. The normalized spacial score (nSPS) is 10.7. The van der Waals surface area contributed by atoms with Crippen molar-refractivity contribution in [2.75, 3.05) is 7.11 Å². The third-order valence-electron chi connectivity index (χ3n) is 3.27. The lowest BCUT2D eigenvalue weighted by atomic mass is 9.90. The minimum atomic E-state index is -0.763. The molecule has 0 saturated heterocycles. The molecule has 20 heavy (non-hydrogen) atoms. The maximum Gasteiger partial charge on any atom is 0.252 e. The summed E-state index contributed by atoms with van der Waals surface area (Å²) in [4.78, 5) is 12.3. The Morgan fingerprint density at radius 3 is 2.20 bits per heavy atom. The molecule has 1 aromatic rings. The van der Waals surface area contributed by atoms with Gasteiger partial charge in [-0.1, -0.05) is 26.7 Å². The third kappa shape index (κ3) is 3.99. The van der Waals surface area contributed by atoms with Gasteiger partial charge in [-0.25, -0.2) is 0 Å². The fourth-order valence-electron chi connectivity index (χ4n) is 2.28. The van der Waals surface area contributed by atoms with Crippen LogP contribution in [0, 0.1) is 11.3 Å². The highest BCUT2D eigenvalue weighted by Gasteiger charge is 2.30. The van der Waals surface area contributed by atoms with E-state index >= 15 is 0 Å². The summed E-state index contributed by atoms with van der Waals surface area (Å²) in [5, 5.41) is 12.3. The maximum absolute atomic E-state index is 12.3. The van der Waals surface area contributed by atoms with E-state index in [4.69, 9.17) is 4.74 Å². The van der Waals surface area contributed by atoms with Crippen LogP contribution >= 0.6 is 0 Å². The monoisotopic (exact) mass is 274 g/mol. The number of ether oxygens (including phenoxy) is 1. The van der Waals surface area contributed by atoms with Crippen LogP contribution in [0.15, 0.2) is 24.3 Å². The number of hydrogen-bond donors (Lipinski definition) is 1. The molecule has 0 aliphatic carbocycles. The summed E-state index contributed by atoms with van der Waals surface area (Å²) in [5.41, 5.74) is -0.224. The Balaban J connectivity index is 2.86. The van der Waals surface area contributed by atoms with E-state index in [1.807, 2.05) is 13.8 Å². The largest absolute Gasteiger partial charge is 0.497 e. The molecule has 0 atom stereocenters. The van der Waals surface area contributed by atoms with Crippen molar-refractivity contribution >= 4 is 5.91 Å². The van der Waals surface area contributed by atoms with Gasteiger partial charge in [-0.3, -0.25) is 4.79 Å². The van der Waals surface area contributed by atoms with Crippen LogP contribution in [0.25, 0.3) is 0 Å². The fraction of sp³-hybridized carbons (Fsp3) is 0.500. The Morgan fingerprint density at radius 2 is 1.80 bits per heavy atom. The smallest absolute Gasteiger partial charge is 0.252 e. The highest BCUT2D eigenvalue weighted by molar-refractivity contribution is 5.95. The van der Waals surface area contributed by atoms with E-state index in [2.05, 4.69) is 11.4 Å². The van der Waals surface area contributed by atoms with Gasteiger partial charge in [0.05, 0.1) is 13.2 Å². The molecule has 0 fully saturated rings. The first-order chi connectivity index (χ1) is 9.60. The van der Waals surface area contributed by atoms with E-state index in [9.17, 15) is 10.1 Å². The second-order valence-corrected chi connectivity index (χ2v) is 4.88. The number of nitrogens with one attached hydrogen (secondary N) is 1. The van der Waals surface area contributed by atoms with Crippen LogP contribution in [-0.2, 0) is 0 Å². The summed E-state index contributed by atoms with van der Waals surface area (Å²) in [7, 11) is 1.58. The summed E-state index contributed by atoms with van der Waals surface area (Å²) < 4.78 is 5.06. The van der Waals surface area contributed by atoms with E-state index in [0.717, 1.165) is 12.8 Å². The van der Waals surface area contributed by atoms with Crippen molar-refractivity contribution in [1.82, 2.24) is 5.32 Å². The van der Waals surface area contributed by atoms with Crippen LogP contribution in [0.5, 0.6) is 5.75 Å². The van der Waals surface area contributed by atoms with Crippen LogP contribution in [-0.4, -0.2) is 18.6 Å². The average Bonchev–Trinajstić information content (AvgIpc) is 2.47. The Morgan fingerprint density at radius 1 is 1.25 bits per heavy atom. The first kappa shape index (κ1) is 16.0. The number of benzene rings is 1. The lowest BCUT2D eigenvalue weighted by molar-refractivity contribution is 0.0911. The molecule has 0 bridgehead atoms. The van der Waals surface area contributed by atoms with E-state index in [1.165, 1.54) is 0 Å². The van der Waals surface area contributed by atoms with Crippen molar-refractivity contribution < 1.29 is 9.53 Å². The van der Waals surface area contributed by atoms with Crippen molar-refractivity contribution in [3.8, 4) is 11.8 Å². The molecule has 4 nitrogen and oxygen atoms in total. The molecule has 0 saturated carbocycles. The van der Waals surface area contributed by atoms with Gasteiger partial charge in [-0.2, -0.15) is 5.26 Å². The van der Waals surface area contributed by atoms with Gasteiger partial charge in [-0.15, -0.1) is 0 Å². The molecule has 1 aromatic carbocycles. The minimum Gasteiger partial charge on any atom is -0.497 e. The SMILES string of the molecule is CCCC(C#N)(CCC)NC(=O)c1ccc(OC)cc1. The number of carbonyl (C=O) groups excluding carboxylic acids is 1. The van der Waals surface area contributed by atoms with Gasteiger partial charge in [0.1, 0.15) is 11.3 Å². The highest BCUT2D eigenvalue weighted by Crippen LogP contribution is 2.20. The number of carbonyl (C=O) groups is 1. The van der Waals surface area contributed by atoms with E-state index < -0.39 is 5.54 Å². The second kappa shape index (κ2) is 7.54. The van der Waals surface area contributed by atoms with Gasteiger partial charge in [0, 0.05) is 5.56 Å². The van der Waals surface area contributed by atoms with E-state index in [1.54, 1.807) is 31.4 Å². The fourth-order valence-corrected chi connectivity index (χ4v) is 2.28. The average molecular weight is 274 g/mol. The number of amides is 1. The summed E-state index contributed by atoms with van der Waals surface area (Å²) in [5.74, 6) is 0.492. The molecule has 0 aliphatic heterocycles. The van der Waals surface area contributed by atoms with Gasteiger partial charge in [0.25, 0.3) is 5.91 Å². The number of nitrogens with zero attached hydrogens (tertiary/aromatic N) is 1. The van der Waals surface area contributed by atoms with E-state index in [0.29, 0.717) is 24.2 Å². The Hall–Kier alpha value is -2.02. The first-order valence-electron chi connectivity index (χ1n) is 6.98. The third-order valence-corrected chi connectivity index (χ3v) is 3.27. The van der Waals surface area contributed by atoms with Crippen LogP contribution in [0.1, 0.15) is 49.9 Å². The molecule has 0 heterocycles. The topological polar surface area (TPSA) is 62.1 Å². The molecule has 0 unspecified atom stereocenters. The van der Waals surface area contributed by atoms with Gasteiger partial charge >= 0.3 is 0 Å². The zero-order valence-electron chi connectivity index (χ0n) is 12.4. The van der Waals surface area contributed by atoms with Crippen molar-refractivity contribution in [3.05, 3.63) is 29.8 Å².